The molecule has 1 aliphatic rings. The van der Waals surface area contributed by atoms with Gasteiger partial charge < -0.3 is 4.90 Å². The molecular weight excluding hydrogens is 246 g/mol. The molecule has 2 unspecified atom stereocenters. The molecule has 0 N–H and O–H groups in total. The van der Waals surface area contributed by atoms with E-state index in [0.717, 1.165) is 29.7 Å². The summed E-state index contributed by atoms with van der Waals surface area (Å²) in [7, 11) is 0. The number of halogens is 1. The second-order valence-corrected chi connectivity index (χ2v) is 5.86. The summed E-state index contributed by atoms with van der Waals surface area (Å²) in [5.74, 6) is 0.622. The van der Waals surface area contributed by atoms with Crippen LogP contribution in [0.4, 0.5) is 0 Å². The quantitative estimate of drug-likeness (QED) is 0.713. The van der Waals surface area contributed by atoms with E-state index in [9.17, 15) is 4.79 Å². The summed E-state index contributed by atoms with van der Waals surface area (Å²) in [6.07, 6.45) is 0.991. The van der Waals surface area contributed by atoms with E-state index in [2.05, 4.69) is 6.92 Å². The monoisotopic (exact) mass is 265 g/mol. The Bertz CT molecular complexity index is 438. The molecule has 2 nitrogen and oxygen atoms in total. The fraction of sp³-hybridized carbons (Fsp3) is 0.533. The summed E-state index contributed by atoms with van der Waals surface area (Å²) >= 11 is 6.28. The van der Waals surface area contributed by atoms with Crippen molar-refractivity contribution in [3.8, 4) is 0 Å². The fourth-order valence-electron chi connectivity index (χ4n) is 2.52. The van der Waals surface area contributed by atoms with Gasteiger partial charge in [-0.3, -0.25) is 4.79 Å². The van der Waals surface area contributed by atoms with Crippen LogP contribution in [0.1, 0.15) is 34.8 Å². The largest absolute Gasteiger partial charge is 0.337 e. The third kappa shape index (κ3) is 2.54. The highest BCUT2D eigenvalue weighted by molar-refractivity contribution is 6.21. The number of carbonyl (C=O) groups is 1. The predicted octanol–water partition coefficient (Wildman–Crippen LogP) is 3.39. The number of carbonyl (C=O) groups excluding carboxylic acids is 1. The number of nitrogens with zero attached hydrogens (tertiary/aromatic N) is 1. The van der Waals surface area contributed by atoms with Gasteiger partial charge in [0.1, 0.15) is 0 Å². The van der Waals surface area contributed by atoms with Crippen molar-refractivity contribution in [2.45, 2.75) is 32.6 Å². The van der Waals surface area contributed by atoms with Crippen LogP contribution in [0.25, 0.3) is 0 Å². The molecule has 0 aliphatic carbocycles. The highest BCUT2D eigenvalue weighted by atomic mass is 35.5. The normalized spacial score (nSPS) is 24.1. The molecule has 1 amide bonds. The van der Waals surface area contributed by atoms with Crippen molar-refractivity contribution < 1.29 is 4.79 Å². The van der Waals surface area contributed by atoms with Crippen LogP contribution in [-0.2, 0) is 0 Å². The number of alkyl halides is 1. The molecule has 1 aromatic carbocycles. The maximum absolute atomic E-state index is 12.6. The van der Waals surface area contributed by atoms with E-state index in [1.54, 1.807) is 0 Å². The van der Waals surface area contributed by atoms with Crippen LogP contribution in [-0.4, -0.2) is 29.3 Å². The molecule has 1 aliphatic heterocycles. The summed E-state index contributed by atoms with van der Waals surface area (Å²) in [6.45, 7) is 7.61. The average Bonchev–Trinajstić information content (AvgIpc) is 2.32. The minimum atomic E-state index is 0.0759. The summed E-state index contributed by atoms with van der Waals surface area (Å²) in [5.41, 5.74) is 2.94. The molecule has 1 heterocycles. The SMILES string of the molecule is Cc1cccc(C)c1C(=O)N1CCC(C)C(Cl)C1. The Hall–Kier alpha value is -1.02. The molecule has 0 spiro atoms. The van der Waals surface area contributed by atoms with Crippen molar-refractivity contribution in [2.75, 3.05) is 13.1 Å². The zero-order chi connectivity index (χ0) is 13.3. The number of hydrogen-bond donors (Lipinski definition) is 0. The van der Waals surface area contributed by atoms with Crippen molar-refractivity contribution in [3.05, 3.63) is 34.9 Å². The van der Waals surface area contributed by atoms with Gasteiger partial charge >= 0.3 is 0 Å². The first kappa shape index (κ1) is 13.4. The first-order chi connectivity index (χ1) is 8.50. The van der Waals surface area contributed by atoms with E-state index < -0.39 is 0 Å². The molecule has 18 heavy (non-hydrogen) atoms. The van der Waals surface area contributed by atoms with E-state index >= 15 is 0 Å². The number of rotatable bonds is 1. The molecule has 2 rings (SSSR count). The summed E-state index contributed by atoms with van der Waals surface area (Å²) in [6, 6.07) is 5.97. The molecule has 3 heteroatoms. The van der Waals surface area contributed by atoms with E-state index in [1.807, 2.05) is 36.9 Å². The van der Waals surface area contributed by atoms with Crippen LogP contribution in [0.15, 0.2) is 18.2 Å². The van der Waals surface area contributed by atoms with Crippen molar-refractivity contribution >= 4 is 17.5 Å². The van der Waals surface area contributed by atoms with Crippen LogP contribution < -0.4 is 0 Å². The number of likely N-dealkylation sites (tertiary alicyclic amines) is 1. The van der Waals surface area contributed by atoms with E-state index in [4.69, 9.17) is 11.6 Å². The van der Waals surface area contributed by atoms with Gasteiger partial charge in [-0.25, -0.2) is 0 Å². The number of hydrogen-bond acceptors (Lipinski definition) is 1. The maximum Gasteiger partial charge on any atom is 0.254 e. The highest BCUT2D eigenvalue weighted by Crippen LogP contribution is 2.24. The topological polar surface area (TPSA) is 20.3 Å². The molecule has 1 saturated heterocycles. The summed E-state index contributed by atoms with van der Waals surface area (Å²) in [5, 5.41) is 0.0759. The Morgan fingerprint density at radius 3 is 2.50 bits per heavy atom. The van der Waals surface area contributed by atoms with Gasteiger partial charge in [0.05, 0.1) is 5.38 Å². The van der Waals surface area contributed by atoms with Gasteiger partial charge in [-0.2, -0.15) is 0 Å². The molecule has 0 saturated carbocycles. The fourth-order valence-corrected chi connectivity index (χ4v) is 2.81. The Labute approximate surface area is 114 Å². The second kappa shape index (κ2) is 5.31. The van der Waals surface area contributed by atoms with Crippen molar-refractivity contribution in [1.29, 1.82) is 0 Å². The summed E-state index contributed by atoms with van der Waals surface area (Å²) < 4.78 is 0. The number of benzene rings is 1. The Morgan fingerprint density at radius 2 is 1.94 bits per heavy atom. The predicted molar refractivity (Wildman–Crippen MR) is 75.2 cm³/mol. The van der Waals surface area contributed by atoms with Crippen LogP contribution >= 0.6 is 11.6 Å². The minimum absolute atomic E-state index is 0.0759. The smallest absolute Gasteiger partial charge is 0.254 e. The average molecular weight is 266 g/mol. The van der Waals surface area contributed by atoms with Gasteiger partial charge in [0.25, 0.3) is 5.91 Å². The molecule has 1 fully saturated rings. The van der Waals surface area contributed by atoms with E-state index in [-0.39, 0.29) is 11.3 Å². The number of aryl methyl sites for hydroxylation is 2. The standard InChI is InChI=1S/C15H20ClNO/c1-10-7-8-17(9-13(10)16)15(18)14-11(2)5-4-6-12(14)3/h4-6,10,13H,7-9H2,1-3H3. The zero-order valence-electron chi connectivity index (χ0n) is 11.2. The first-order valence-corrected chi connectivity index (χ1v) is 6.94. The molecule has 0 radical (unpaired) electrons. The van der Waals surface area contributed by atoms with Gasteiger partial charge in [-0.1, -0.05) is 25.1 Å². The molecule has 0 aromatic heterocycles. The van der Waals surface area contributed by atoms with Gasteiger partial charge in [-0.15, -0.1) is 11.6 Å². The molecular formula is C15H20ClNO. The van der Waals surface area contributed by atoms with Gasteiger partial charge in [0.15, 0.2) is 0 Å². The lowest BCUT2D eigenvalue weighted by molar-refractivity contribution is 0.0700. The molecule has 1 aromatic rings. The number of amides is 1. The van der Waals surface area contributed by atoms with E-state index in [1.165, 1.54) is 0 Å². The lowest BCUT2D eigenvalue weighted by atomic mass is 9.96. The zero-order valence-corrected chi connectivity index (χ0v) is 12.0. The Morgan fingerprint density at radius 1 is 1.33 bits per heavy atom. The van der Waals surface area contributed by atoms with Crippen molar-refractivity contribution in [1.82, 2.24) is 4.90 Å². The third-order valence-corrected chi connectivity index (χ3v) is 4.42. The first-order valence-electron chi connectivity index (χ1n) is 6.50. The van der Waals surface area contributed by atoms with Crippen LogP contribution in [0.3, 0.4) is 0 Å². The van der Waals surface area contributed by atoms with Gasteiger partial charge in [0.2, 0.25) is 0 Å². The third-order valence-electron chi connectivity index (χ3n) is 3.85. The lowest BCUT2D eigenvalue weighted by Gasteiger charge is -2.34. The molecule has 0 bridgehead atoms. The highest BCUT2D eigenvalue weighted by Gasteiger charge is 2.28. The summed E-state index contributed by atoms with van der Waals surface area (Å²) in [4.78, 5) is 14.5. The van der Waals surface area contributed by atoms with E-state index in [0.29, 0.717) is 12.5 Å². The molecule has 98 valence electrons. The molecule has 2 atom stereocenters. The van der Waals surface area contributed by atoms with Gasteiger partial charge in [0, 0.05) is 18.7 Å². The Kier molecular flexibility index (Phi) is 3.96. The maximum atomic E-state index is 12.6. The lowest BCUT2D eigenvalue weighted by Crippen LogP contribution is -2.44. The number of piperidine rings is 1. The van der Waals surface area contributed by atoms with Gasteiger partial charge in [-0.05, 0) is 37.3 Å². The van der Waals surface area contributed by atoms with Crippen molar-refractivity contribution in [2.24, 2.45) is 5.92 Å². The van der Waals surface area contributed by atoms with Crippen LogP contribution in [0, 0.1) is 19.8 Å². The van der Waals surface area contributed by atoms with Crippen LogP contribution in [0.5, 0.6) is 0 Å². The van der Waals surface area contributed by atoms with Crippen molar-refractivity contribution in [3.63, 3.8) is 0 Å². The second-order valence-electron chi connectivity index (χ2n) is 5.30. The minimum Gasteiger partial charge on any atom is -0.337 e. The van der Waals surface area contributed by atoms with Crippen LogP contribution in [0.2, 0.25) is 0 Å². The Balaban J connectivity index is 2.22.